The minimum absolute atomic E-state index is 0.0120. The minimum Gasteiger partial charge on any atom is -0.152 e. The van der Waals surface area contributed by atoms with E-state index >= 15 is 0 Å². The van der Waals surface area contributed by atoms with E-state index in [-0.39, 0.29) is 5.38 Å². The average molecular weight is 293 g/mol. The van der Waals surface area contributed by atoms with Gasteiger partial charge in [-0.1, -0.05) is 32.9 Å². The van der Waals surface area contributed by atoms with Crippen LogP contribution >= 0.6 is 22.9 Å². The molecule has 2 rings (SSSR count). The van der Waals surface area contributed by atoms with Crippen molar-refractivity contribution in [2.45, 2.75) is 45.4 Å². The van der Waals surface area contributed by atoms with E-state index in [4.69, 9.17) is 11.6 Å². The molecule has 2 heteroatoms. The summed E-state index contributed by atoms with van der Waals surface area (Å²) in [6.45, 7) is 6.65. The molecule has 0 radical (unpaired) electrons. The standard InChI is InChI=1S/C17H21ClS/c1-4-12-9-13(5-2)16(14(6-3)10-12)17(18)15-7-8-19-11-15/h7-11,17H,4-6H2,1-3H3. The third-order valence-corrected chi connectivity index (χ3v) is 4.84. The molecule has 1 heterocycles. The average Bonchev–Trinajstić information content (AvgIpc) is 2.99. The maximum atomic E-state index is 6.74. The summed E-state index contributed by atoms with van der Waals surface area (Å²) < 4.78 is 0. The zero-order chi connectivity index (χ0) is 13.8. The van der Waals surface area contributed by atoms with Crippen LogP contribution in [-0.2, 0) is 19.3 Å². The van der Waals surface area contributed by atoms with Crippen LogP contribution in [0.4, 0.5) is 0 Å². The van der Waals surface area contributed by atoms with Crippen molar-refractivity contribution >= 4 is 22.9 Å². The number of alkyl halides is 1. The lowest BCUT2D eigenvalue weighted by Gasteiger charge is -2.19. The second-order valence-corrected chi connectivity index (χ2v) is 6.02. The van der Waals surface area contributed by atoms with Gasteiger partial charge in [0.2, 0.25) is 0 Å². The molecule has 0 nitrogen and oxygen atoms in total. The number of hydrogen-bond donors (Lipinski definition) is 0. The molecule has 0 aliphatic heterocycles. The Kier molecular flexibility index (Phi) is 5.06. The van der Waals surface area contributed by atoms with Crippen molar-refractivity contribution in [1.82, 2.24) is 0 Å². The molecule has 0 fully saturated rings. The molecule has 0 saturated carbocycles. The first-order valence-corrected chi connectivity index (χ1v) is 8.39. The van der Waals surface area contributed by atoms with E-state index in [0.717, 1.165) is 19.3 Å². The van der Waals surface area contributed by atoms with Gasteiger partial charge in [0, 0.05) is 0 Å². The Bertz CT molecular complexity index is 503. The second-order valence-electron chi connectivity index (χ2n) is 4.81. The highest BCUT2D eigenvalue weighted by Gasteiger charge is 2.18. The molecule has 0 aliphatic rings. The van der Waals surface area contributed by atoms with Crippen molar-refractivity contribution in [2.75, 3.05) is 0 Å². The van der Waals surface area contributed by atoms with E-state index in [2.05, 4.69) is 49.7 Å². The Morgan fingerprint density at radius 1 is 1.05 bits per heavy atom. The van der Waals surface area contributed by atoms with Gasteiger partial charge in [0.15, 0.2) is 0 Å². The van der Waals surface area contributed by atoms with Crippen LogP contribution in [0.5, 0.6) is 0 Å². The Morgan fingerprint density at radius 2 is 1.68 bits per heavy atom. The first-order valence-electron chi connectivity index (χ1n) is 7.01. The van der Waals surface area contributed by atoms with E-state index in [1.54, 1.807) is 11.3 Å². The molecule has 1 atom stereocenters. The quantitative estimate of drug-likeness (QED) is 0.614. The SMILES string of the molecule is CCc1cc(CC)c(C(Cl)c2ccsc2)c(CC)c1. The van der Waals surface area contributed by atoms with E-state index in [1.165, 1.54) is 27.8 Å². The van der Waals surface area contributed by atoms with Crippen molar-refractivity contribution in [3.05, 3.63) is 56.8 Å². The smallest absolute Gasteiger partial charge is 0.0848 e. The molecule has 1 unspecified atom stereocenters. The summed E-state index contributed by atoms with van der Waals surface area (Å²) in [5.74, 6) is 0. The van der Waals surface area contributed by atoms with E-state index < -0.39 is 0 Å². The highest BCUT2D eigenvalue weighted by Crippen LogP contribution is 2.36. The van der Waals surface area contributed by atoms with Crippen LogP contribution in [0.3, 0.4) is 0 Å². The number of rotatable bonds is 5. The zero-order valence-corrected chi connectivity index (χ0v) is 13.4. The summed E-state index contributed by atoms with van der Waals surface area (Å²) in [5.41, 5.74) is 6.79. The van der Waals surface area contributed by atoms with Gasteiger partial charge >= 0.3 is 0 Å². The Hall–Kier alpha value is -0.790. The molecule has 2 aromatic rings. The summed E-state index contributed by atoms with van der Waals surface area (Å²) in [6, 6.07) is 6.79. The van der Waals surface area contributed by atoms with Crippen LogP contribution in [0, 0.1) is 0 Å². The van der Waals surface area contributed by atoms with Gasteiger partial charge in [-0.15, -0.1) is 11.6 Å². The van der Waals surface area contributed by atoms with Crippen LogP contribution in [0.15, 0.2) is 29.0 Å². The van der Waals surface area contributed by atoms with Crippen LogP contribution in [0.1, 0.15) is 54.0 Å². The number of hydrogen-bond acceptors (Lipinski definition) is 1. The molecular weight excluding hydrogens is 272 g/mol. The Balaban J connectivity index is 2.54. The number of thiophene rings is 1. The topological polar surface area (TPSA) is 0 Å². The predicted molar refractivity (Wildman–Crippen MR) is 86.6 cm³/mol. The highest BCUT2D eigenvalue weighted by atomic mass is 35.5. The van der Waals surface area contributed by atoms with Gasteiger partial charge in [0.1, 0.15) is 0 Å². The monoisotopic (exact) mass is 292 g/mol. The van der Waals surface area contributed by atoms with Gasteiger partial charge in [0.05, 0.1) is 5.38 Å². The summed E-state index contributed by atoms with van der Waals surface area (Å²) in [5, 5.41) is 4.24. The fourth-order valence-electron chi connectivity index (χ4n) is 2.55. The first kappa shape index (κ1) is 14.6. The number of aryl methyl sites for hydroxylation is 3. The molecule has 0 saturated heterocycles. The molecule has 1 aromatic carbocycles. The molecule has 0 amide bonds. The maximum Gasteiger partial charge on any atom is 0.0848 e. The normalized spacial score (nSPS) is 12.6. The van der Waals surface area contributed by atoms with Crippen LogP contribution in [0.25, 0.3) is 0 Å². The van der Waals surface area contributed by atoms with Crippen LogP contribution < -0.4 is 0 Å². The van der Waals surface area contributed by atoms with Gasteiger partial charge in [-0.2, -0.15) is 11.3 Å². The zero-order valence-electron chi connectivity index (χ0n) is 11.9. The molecule has 19 heavy (non-hydrogen) atoms. The molecule has 0 aliphatic carbocycles. The third kappa shape index (κ3) is 3.04. The number of halogens is 1. The molecule has 0 spiro atoms. The Morgan fingerprint density at radius 3 is 2.11 bits per heavy atom. The molecule has 1 aromatic heterocycles. The third-order valence-electron chi connectivity index (χ3n) is 3.67. The highest BCUT2D eigenvalue weighted by molar-refractivity contribution is 7.08. The van der Waals surface area contributed by atoms with Crippen molar-refractivity contribution in [3.8, 4) is 0 Å². The lowest BCUT2D eigenvalue weighted by molar-refractivity contribution is 0.966. The lowest BCUT2D eigenvalue weighted by Crippen LogP contribution is -2.04. The van der Waals surface area contributed by atoms with Crippen LogP contribution in [0.2, 0.25) is 0 Å². The van der Waals surface area contributed by atoms with E-state index in [0.29, 0.717) is 0 Å². The van der Waals surface area contributed by atoms with Crippen molar-refractivity contribution in [1.29, 1.82) is 0 Å². The van der Waals surface area contributed by atoms with E-state index in [9.17, 15) is 0 Å². The van der Waals surface area contributed by atoms with Crippen molar-refractivity contribution < 1.29 is 0 Å². The lowest BCUT2D eigenvalue weighted by atomic mass is 9.90. The van der Waals surface area contributed by atoms with Gasteiger partial charge in [0.25, 0.3) is 0 Å². The van der Waals surface area contributed by atoms with Gasteiger partial charge < -0.3 is 0 Å². The number of benzene rings is 1. The molecule has 0 N–H and O–H groups in total. The van der Waals surface area contributed by atoms with Gasteiger partial charge in [-0.25, -0.2) is 0 Å². The molecular formula is C17H21ClS. The molecule has 0 bridgehead atoms. The maximum absolute atomic E-state index is 6.74. The predicted octanol–water partition coefficient (Wildman–Crippen LogP) is 5.76. The van der Waals surface area contributed by atoms with Crippen molar-refractivity contribution in [2.24, 2.45) is 0 Å². The van der Waals surface area contributed by atoms with Crippen LogP contribution in [-0.4, -0.2) is 0 Å². The summed E-state index contributed by atoms with van der Waals surface area (Å²) in [7, 11) is 0. The summed E-state index contributed by atoms with van der Waals surface area (Å²) >= 11 is 8.46. The second kappa shape index (κ2) is 6.58. The minimum atomic E-state index is -0.0120. The summed E-state index contributed by atoms with van der Waals surface area (Å²) in [6.07, 6.45) is 3.18. The largest absolute Gasteiger partial charge is 0.152 e. The van der Waals surface area contributed by atoms with Gasteiger partial charge in [-0.3, -0.25) is 0 Å². The van der Waals surface area contributed by atoms with Gasteiger partial charge in [-0.05, 0) is 63.9 Å². The summed E-state index contributed by atoms with van der Waals surface area (Å²) in [4.78, 5) is 0. The first-order chi connectivity index (χ1) is 9.21. The fraction of sp³-hybridized carbons (Fsp3) is 0.412. The molecule has 102 valence electrons. The fourth-order valence-corrected chi connectivity index (χ4v) is 3.73. The van der Waals surface area contributed by atoms with E-state index in [1.807, 2.05) is 0 Å². The Labute approximate surface area is 125 Å². The van der Waals surface area contributed by atoms with Crippen molar-refractivity contribution in [3.63, 3.8) is 0 Å².